The molecular formula is C33H31N2O6S4+. The number of fused-ring (bicyclic) bond motifs is 2. The molecule has 0 spiro atoms. The topological polar surface area (TPSA) is 122 Å². The highest BCUT2D eigenvalue weighted by atomic mass is 32.2. The molecule has 0 fully saturated rings. The Hall–Kier alpha value is -3.46. The van der Waals surface area contributed by atoms with E-state index in [4.69, 9.17) is 0 Å². The molecule has 8 nitrogen and oxygen atoms in total. The first kappa shape index (κ1) is 31.5. The summed E-state index contributed by atoms with van der Waals surface area (Å²) >= 11 is 3.17. The van der Waals surface area contributed by atoms with Crippen LogP contribution in [0.3, 0.4) is 0 Å². The molecule has 1 aromatic heterocycles. The Morgan fingerprint density at radius 2 is 1.31 bits per heavy atom. The van der Waals surface area contributed by atoms with E-state index in [-0.39, 0.29) is 12.8 Å². The molecule has 0 unspecified atom stereocenters. The Labute approximate surface area is 271 Å². The third-order valence-electron chi connectivity index (χ3n) is 7.30. The minimum absolute atomic E-state index is 0.169. The molecule has 4 N–H and O–H groups in total. The Morgan fingerprint density at radius 3 is 1.96 bits per heavy atom. The Balaban J connectivity index is 1.45. The molecule has 45 heavy (non-hydrogen) atoms. The van der Waals surface area contributed by atoms with E-state index in [0.717, 1.165) is 63.8 Å². The van der Waals surface area contributed by atoms with Crippen molar-refractivity contribution in [1.82, 2.24) is 0 Å². The third-order valence-corrected chi connectivity index (χ3v) is 10.9. The minimum atomic E-state index is -3.99. The van der Waals surface area contributed by atoms with Crippen LogP contribution < -0.4 is 9.47 Å². The molecule has 1 aliphatic rings. The molecule has 2 heterocycles. The van der Waals surface area contributed by atoms with Gasteiger partial charge < -0.3 is 4.90 Å². The first-order chi connectivity index (χ1) is 21.5. The molecule has 6 rings (SSSR count). The second-order valence-electron chi connectivity index (χ2n) is 10.4. The summed E-state index contributed by atoms with van der Waals surface area (Å²) in [6.45, 7) is 0.714. The summed E-state index contributed by atoms with van der Waals surface area (Å²) in [5.41, 5.74) is 6.12. The van der Waals surface area contributed by atoms with E-state index in [9.17, 15) is 26.6 Å². The van der Waals surface area contributed by atoms with E-state index in [1.165, 1.54) is 0 Å². The zero-order valence-corrected chi connectivity index (χ0v) is 27.2. The van der Waals surface area contributed by atoms with Gasteiger partial charge in [-0.3, -0.25) is 18.2 Å². The third kappa shape index (κ3) is 7.68. The number of thioether (sulfide) groups is 1. The predicted molar refractivity (Wildman–Crippen MR) is 189 cm³/mol. The van der Waals surface area contributed by atoms with Gasteiger partial charge in [-0.1, -0.05) is 95.9 Å². The maximum Gasteiger partial charge on any atom is 0.265 e. The van der Waals surface area contributed by atoms with Crippen molar-refractivity contribution in [1.29, 1.82) is 0 Å². The van der Waals surface area contributed by atoms with Crippen molar-refractivity contribution in [3.8, 4) is 22.3 Å². The van der Waals surface area contributed by atoms with Crippen LogP contribution in [0.15, 0.2) is 107 Å². The molecule has 12 heteroatoms. The van der Waals surface area contributed by atoms with Gasteiger partial charge in [0.15, 0.2) is 26.7 Å². The van der Waals surface area contributed by atoms with Crippen LogP contribution in [-0.4, -0.2) is 43.9 Å². The standard InChI is InChI=1S/C33H30N2O6S4/c36-44(37,38)19-7-17-34-28-21-26(24-9-3-1-4-10-24)13-15-30(28)42-32(34)23-33-35(18-8-20-45(39,40)41)29-22-27(14-16-31(29)43-33)25-11-5-2-6-12-25/h1-6,9-16,19-23H,7-8,17-18H2,(H3-,36,37,38,39,40,41)/p+1. The number of benzene rings is 4. The number of aryl methyl sites for hydroxylation is 1. The molecule has 0 atom stereocenters. The first-order valence-corrected chi connectivity index (χ1v) is 18.8. The first-order valence-electron chi connectivity index (χ1n) is 14.1. The highest BCUT2D eigenvalue weighted by molar-refractivity contribution is 8.04. The zero-order valence-electron chi connectivity index (χ0n) is 23.9. The lowest BCUT2D eigenvalue weighted by Crippen LogP contribution is -2.36. The molecule has 0 saturated heterocycles. The number of hydrogen-bond donors (Lipinski definition) is 4. The smallest absolute Gasteiger partial charge is 0.265 e. The van der Waals surface area contributed by atoms with E-state index in [1.54, 1.807) is 23.1 Å². The molecule has 1 aliphatic heterocycles. The summed E-state index contributed by atoms with van der Waals surface area (Å²) < 4.78 is 64.2. The van der Waals surface area contributed by atoms with Crippen LogP contribution >= 0.6 is 23.1 Å². The monoisotopic (exact) mass is 679 g/mol. The highest BCUT2D eigenvalue weighted by Gasteiger charge is 2.28. The number of thiazole rings is 1. The maximum atomic E-state index is 11.6. The Bertz CT molecular complexity index is 2130. The average molecular weight is 680 g/mol. The number of aromatic nitrogens is 1. The van der Waals surface area contributed by atoms with Crippen molar-refractivity contribution in [2.75, 3.05) is 11.4 Å². The van der Waals surface area contributed by atoms with Gasteiger partial charge in [0.05, 0.1) is 16.8 Å². The summed E-state index contributed by atoms with van der Waals surface area (Å²) in [7, 11) is -7.98. The largest absolute Gasteiger partial charge is 0.334 e. The van der Waals surface area contributed by atoms with Crippen LogP contribution in [0.1, 0.15) is 17.8 Å². The lowest BCUT2D eigenvalue weighted by molar-refractivity contribution is -0.667. The second kappa shape index (κ2) is 13.1. The van der Waals surface area contributed by atoms with Crippen LogP contribution in [0, 0.1) is 0 Å². The fraction of sp³-hybridized carbons (Fsp3) is 0.121. The molecule has 0 aliphatic carbocycles. The van der Waals surface area contributed by atoms with Gasteiger partial charge in [0.1, 0.15) is 4.70 Å². The van der Waals surface area contributed by atoms with Crippen LogP contribution in [0.4, 0.5) is 5.69 Å². The Kier molecular flexibility index (Phi) is 9.18. The molecule has 0 amide bonds. The molecule has 4 aromatic carbocycles. The minimum Gasteiger partial charge on any atom is -0.334 e. The molecular weight excluding hydrogens is 649 g/mol. The van der Waals surface area contributed by atoms with E-state index in [2.05, 4.69) is 51.9 Å². The fourth-order valence-corrected chi connectivity index (χ4v) is 8.39. The number of anilines is 1. The van der Waals surface area contributed by atoms with Crippen molar-refractivity contribution in [3.63, 3.8) is 0 Å². The summed E-state index contributed by atoms with van der Waals surface area (Å²) in [4.78, 5) is 3.11. The van der Waals surface area contributed by atoms with Crippen LogP contribution in [0.5, 0.6) is 0 Å². The van der Waals surface area contributed by atoms with Crippen molar-refractivity contribution in [2.45, 2.75) is 24.3 Å². The molecule has 5 aromatic rings. The summed E-state index contributed by atoms with van der Waals surface area (Å²) in [5.74, 6) is 0. The van der Waals surface area contributed by atoms with Crippen molar-refractivity contribution in [3.05, 3.63) is 107 Å². The quantitative estimate of drug-likeness (QED) is 0.0948. The Morgan fingerprint density at radius 1 is 0.711 bits per heavy atom. The van der Waals surface area contributed by atoms with Crippen molar-refractivity contribution in [2.24, 2.45) is 0 Å². The van der Waals surface area contributed by atoms with Gasteiger partial charge in [-0.15, -0.1) is 0 Å². The van der Waals surface area contributed by atoms with Gasteiger partial charge in [-0.05, 0) is 46.9 Å². The molecule has 232 valence electrons. The van der Waals surface area contributed by atoms with E-state index in [0.29, 0.717) is 13.1 Å². The number of rotatable bonds is 9. The maximum absolute atomic E-state index is 11.6. The van der Waals surface area contributed by atoms with Gasteiger partial charge >= 0.3 is 0 Å². The highest BCUT2D eigenvalue weighted by Crippen LogP contribution is 2.48. The SMILES string of the molecule is O=S(O)(O)=CCCN1C(=Cc2sc3ccc(-c4ccccc4)cc3[n+]2CCC=S(=O)(O)O)Sc2ccc(-c3ccccc3)cc21. The van der Waals surface area contributed by atoms with Gasteiger partial charge in [-0.25, -0.2) is 8.42 Å². The summed E-state index contributed by atoms with van der Waals surface area (Å²) in [5, 5.41) is 3.84. The molecule has 0 radical (unpaired) electrons. The fourth-order valence-electron chi connectivity index (χ4n) is 5.27. The van der Waals surface area contributed by atoms with Gasteiger partial charge in [-0.2, -0.15) is 4.57 Å². The van der Waals surface area contributed by atoms with E-state index >= 15 is 0 Å². The van der Waals surface area contributed by atoms with Crippen LogP contribution in [0.2, 0.25) is 0 Å². The second-order valence-corrected chi connectivity index (χ2v) is 15.4. The lowest BCUT2D eigenvalue weighted by atomic mass is 10.0. The van der Waals surface area contributed by atoms with Crippen molar-refractivity contribution < 1.29 is 31.2 Å². The average Bonchev–Trinajstić information content (AvgIpc) is 3.53. The number of nitrogens with zero attached hydrogens (tertiary/aromatic N) is 2. The lowest BCUT2D eigenvalue weighted by Gasteiger charge is -2.20. The van der Waals surface area contributed by atoms with Crippen LogP contribution in [0.25, 0.3) is 38.5 Å². The van der Waals surface area contributed by atoms with Crippen LogP contribution in [-0.2, 0) is 26.7 Å². The van der Waals surface area contributed by atoms with E-state index in [1.807, 2.05) is 60.7 Å². The molecule has 0 saturated carbocycles. The summed E-state index contributed by atoms with van der Waals surface area (Å²) in [6.07, 6.45) is 2.40. The molecule has 0 bridgehead atoms. The summed E-state index contributed by atoms with van der Waals surface area (Å²) in [6, 6.07) is 32.6. The van der Waals surface area contributed by atoms with Gasteiger partial charge in [0.25, 0.3) is 5.01 Å². The number of hydrogen-bond acceptors (Lipinski definition) is 5. The predicted octanol–water partition coefficient (Wildman–Crippen LogP) is 7.28. The van der Waals surface area contributed by atoms with Crippen molar-refractivity contribution >= 4 is 76.0 Å². The van der Waals surface area contributed by atoms with E-state index < -0.39 is 20.2 Å². The zero-order chi connectivity index (χ0) is 31.6. The normalized spacial score (nSPS) is 14.2. The van der Waals surface area contributed by atoms with Gasteiger partial charge in [0, 0.05) is 34.7 Å². The van der Waals surface area contributed by atoms with Gasteiger partial charge in [0.2, 0.25) is 5.52 Å².